The summed E-state index contributed by atoms with van der Waals surface area (Å²) in [6.07, 6.45) is 0.291. The van der Waals surface area contributed by atoms with Crippen LogP contribution in [-0.2, 0) is 16.1 Å². The molecule has 1 aromatic carbocycles. The van der Waals surface area contributed by atoms with Crippen LogP contribution in [0, 0.1) is 18.8 Å². The minimum Gasteiger partial charge on any atom is -0.429 e. The van der Waals surface area contributed by atoms with Gasteiger partial charge in [0.25, 0.3) is 0 Å². The van der Waals surface area contributed by atoms with Crippen molar-refractivity contribution in [1.82, 2.24) is 15.7 Å². The predicted octanol–water partition coefficient (Wildman–Crippen LogP) is 1.12. The number of amides is 1. The van der Waals surface area contributed by atoms with Gasteiger partial charge < -0.3 is 10.1 Å². The molecule has 25 heavy (non-hydrogen) atoms. The number of pyridine rings is 1. The number of fused-ring (bicyclic) bond motifs is 1. The molecule has 0 saturated heterocycles. The van der Waals surface area contributed by atoms with Crippen LogP contribution >= 0.6 is 0 Å². The Kier molecular flexibility index (Phi) is 4.55. The van der Waals surface area contributed by atoms with E-state index in [1.54, 1.807) is 6.92 Å². The van der Waals surface area contributed by atoms with Gasteiger partial charge in [0.15, 0.2) is 0 Å². The number of nitrogens with two attached hydrogens (primary N) is 1. The quantitative estimate of drug-likeness (QED) is 0.726. The van der Waals surface area contributed by atoms with Crippen molar-refractivity contribution in [1.29, 1.82) is 0 Å². The van der Waals surface area contributed by atoms with Crippen molar-refractivity contribution in [2.45, 2.75) is 32.7 Å². The standard InChI is InChI=1S/C18H19N5O2/c1-3-4-9-16-22-23-18(19,25-16)17(24)20-11-15-14-8-6-5-7-13(14)10-12(2)21-15/h5-8,10,23H,9,11,19H2,1-2H3,(H,20,24). The lowest BCUT2D eigenvalue weighted by molar-refractivity contribution is -0.139. The molecule has 1 atom stereocenters. The number of nitrogens with one attached hydrogen (secondary N) is 2. The molecule has 2 heterocycles. The third kappa shape index (κ3) is 3.54. The second-order valence-corrected chi connectivity index (χ2v) is 5.67. The number of rotatable bonds is 4. The number of benzene rings is 1. The average molecular weight is 337 g/mol. The van der Waals surface area contributed by atoms with E-state index in [0.29, 0.717) is 6.42 Å². The number of ether oxygens (including phenoxy) is 1. The molecule has 7 heteroatoms. The second-order valence-electron chi connectivity index (χ2n) is 5.67. The zero-order valence-corrected chi connectivity index (χ0v) is 14.1. The van der Waals surface area contributed by atoms with E-state index < -0.39 is 11.8 Å². The largest absolute Gasteiger partial charge is 0.429 e. The summed E-state index contributed by atoms with van der Waals surface area (Å²) in [6, 6.07) is 9.88. The second kappa shape index (κ2) is 6.79. The van der Waals surface area contributed by atoms with Crippen LogP contribution in [-0.4, -0.2) is 22.6 Å². The summed E-state index contributed by atoms with van der Waals surface area (Å²) >= 11 is 0. The topological polar surface area (TPSA) is 102 Å². The highest BCUT2D eigenvalue weighted by molar-refractivity contribution is 5.91. The van der Waals surface area contributed by atoms with E-state index >= 15 is 0 Å². The molecule has 0 bridgehead atoms. The molecule has 2 aromatic rings. The Bertz CT molecular complexity index is 913. The molecule has 3 rings (SSSR count). The molecule has 1 aliphatic rings. The van der Waals surface area contributed by atoms with Crippen LogP contribution < -0.4 is 16.5 Å². The van der Waals surface area contributed by atoms with E-state index in [1.807, 2.05) is 37.3 Å². The first-order valence-electron chi connectivity index (χ1n) is 7.86. The van der Waals surface area contributed by atoms with Crippen molar-refractivity contribution in [3.63, 3.8) is 0 Å². The number of aromatic nitrogens is 1. The molecule has 1 unspecified atom stereocenters. The Balaban J connectivity index is 1.70. The van der Waals surface area contributed by atoms with Crippen LogP contribution in [0.25, 0.3) is 10.8 Å². The predicted molar refractivity (Wildman–Crippen MR) is 95.0 cm³/mol. The van der Waals surface area contributed by atoms with Crippen LogP contribution in [0.15, 0.2) is 35.4 Å². The van der Waals surface area contributed by atoms with E-state index in [-0.39, 0.29) is 12.4 Å². The summed E-state index contributed by atoms with van der Waals surface area (Å²) < 4.78 is 5.39. The number of hydrazone groups is 1. The Morgan fingerprint density at radius 1 is 1.44 bits per heavy atom. The van der Waals surface area contributed by atoms with Gasteiger partial charge in [-0.25, -0.2) is 5.43 Å². The zero-order chi connectivity index (χ0) is 17.9. The number of hydrogen-bond donors (Lipinski definition) is 3. The van der Waals surface area contributed by atoms with E-state index in [9.17, 15) is 4.79 Å². The van der Waals surface area contributed by atoms with Gasteiger partial charge in [0.2, 0.25) is 5.90 Å². The summed E-state index contributed by atoms with van der Waals surface area (Å²) in [5.41, 5.74) is 10.1. The molecule has 0 radical (unpaired) electrons. The van der Waals surface area contributed by atoms with E-state index in [2.05, 4.69) is 32.7 Å². The molecule has 1 amide bonds. The first-order chi connectivity index (χ1) is 12.0. The minimum absolute atomic E-state index is 0.231. The maximum Gasteiger partial charge on any atom is 0.333 e. The molecule has 0 spiro atoms. The van der Waals surface area contributed by atoms with Crippen molar-refractivity contribution in [2.24, 2.45) is 10.8 Å². The first-order valence-corrected chi connectivity index (χ1v) is 7.86. The van der Waals surface area contributed by atoms with Crippen LogP contribution in [0.5, 0.6) is 0 Å². The monoisotopic (exact) mass is 337 g/mol. The maximum absolute atomic E-state index is 12.4. The Labute approximate surface area is 145 Å². The van der Waals surface area contributed by atoms with Gasteiger partial charge in [0.05, 0.1) is 18.7 Å². The van der Waals surface area contributed by atoms with Crippen molar-refractivity contribution in [2.75, 3.05) is 0 Å². The van der Waals surface area contributed by atoms with Gasteiger partial charge in [0, 0.05) is 11.1 Å². The fraction of sp³-hybridized carbons (Fsp3) is 0.278. The van der Waals surface area contributed by atoms with Crippen LogP contribution in [0.4, 0.5) is 0 Å². The highest BCUT2D eigenvalue weighted by Gasteiger charge is 2.41. The lowest BCUT2D eigenvalue weighted by Crippen LogP contribution is -2.61. The fourth-order valence-electron chi connectivity index (χ4n) is 2.56. The van der Waals surface area contributed by atoms with Gasteiger partial charge in [-0.15, -0.1) is 11.0 Å². The number of hydrogen-bond acceptors (Lipinski definition) is 6. The van der Waals surface area contributed by atoms with Crippen LogP contribution in [0.3, 0.4) is 0 Å². The molecular weight excluding hydrogens is 318 g/mol. The summed E-state index contributed by atoms with van der Waals surface area (Å²) in [7, 11) is 0. The fourth-order valence-corrected chi connectivity index (χ4v) is 2.56. The average Bonchev–Trinajstić information content (AvgIpc) is 3.00. The molecule has 1 aliphatic heterocycles. The summed E-state index contributed by atoms with van der Waals surface area (Å²) in [4.78, 5) is 16.9. The molecule has 0 saturated carbocycles. The Morgan fingerprint density at radius 2 is 2.24 bits per heavy atom. The normalized spacial score (nSPS) is 18.6. The number of carbonyl (C=O) groups excluding carboxylic acids is 1. The third-order valence-corrected chi connectivity index (χ3v) is 3.74. The highest BCUT2D eigenvalue weighted by atomic mass is 16.6. The SMILES string of the molecule is CC#CCC1=NNC(N)(C(=O)NCc2nc(C)cc3ccccc23)O1. The number of nitrogens with zero attached hydrogens (tertiary/aromatic N) is 2. The third-order valence-electron chi connectivity index (χ3n) is 3.74. The van der Waals surface area contributed by atoms with Crippen LogP contribution in [0.1, 0.15) is 24.7 Å². The van der Waals surface area contributed by atoms with E-state index in [0.717, 1.165) is 22.2 Å². The lowest BCUT2D eigenvalue weighted by atomic mass is 10.1. The summed E-state index contributed by atoms with van der Waals surface area (Å²) in [6.45, 7) is 3.86. The molecule has 128 valence electrons. The lowest BCUT2D eigenvalue weighted by Gasteiger charge is -2.22. The molecule has 0 aliphatic carbocycles. The van der Waals surface area contributed by atoms with Gasteiger partial charge in [0.1, 0.15) is 0 Å². The molecule has 0 fully saturated rings. The smallest absolute Gasteiger partial charge is 0.333 e. The van der Waals surface area contributed by atoms with Gasteiger partial charge in [-0.2, -0.15) is 0 Å². The Morgan fingerprint density at radius 3 is 3.04 bits per heavy atom. The van der Waals surface area contributed by atoms with Gasteiger partial charge in [-0.3, -0.25) is 15.5 Å². The van der Waals surface area contributed by atoms with Gasteiger partial charge in [-0.1, -0.05) is 30.2 Å². The van der Waals surface area contributed by atoms with Crippen molar-refractivity contribution in [3.8, 4) is 11.8 Å². The van der Waals surface area contributed by atoms with Crippen molar-refractivity contribution in [3.05, 3.63) is 41.7 Å². The zero-order valence-electron chi connectivity index (χ0n) is 14.1. The molecule has 7 nitrogen and oxygen atoms in total. The van der Waals surface area contributed by atoms with E-state index in [1.165, 1.54) is 0 Å². The molecular formula is C18H19N5O2. The highest BCUT2D eigenvalue weighted by Crippen LogP contribution is 2.18. The van der Waals surface area contributed by atoms with E-state index in [4.69, 9.17) is 10.5 Å². The number of aryl methyl sites for hydroxylation is 1. The van der Waals surface area contributed by atoms with Gasteiger partial charge >= 0.3 is 11.8 Å². The van der Waals surface area contributed by atoms with Gasteiger partial charge in [-0.05, 0) is 25.3 Å². The van der Waals surface area contributed by atoms with Crippen molar-refractivity contribution >= 4 is 22.6 Å². The number of carbonyl (C=O) groups is 1. The summed E-state index contributed by atoms with van der Waals surface area (Å²) in [5.74, 6) is 3.57. The summed E-state index contributed by atoms with van der Waals surface area (Å²) in [5, 5.41) is 8.71. The van der Waals surface area contributed by atoms with Crippen molar-refractivity contribution < 1.29 is 9.53 Å². The molecule has 4 N–H and O–H groups in total. The van der Waals surface area contributed by atoms with Crippen LogP contribution in [0.2, 0.25) is 0 Å². The first kappa shape index (κ1) is 16.7. The molecule has 1 aromatic heterocycles. The Hall–Kier alpha value is -3.11. The minimum atomic E-state index is -1.73. The maximum atomic E-state index is 12.4.